The van der Waals surface area contributed by atoms with E-state index in [4.69, 9.17) is 35.3 Å². The molecule has 1 unspecified atom stereocenters. The van der Waals surface area contributed by atoms with Gasteiger partial charge in [0.25, 0.3) is 0 Å². The summed E-state index contributed by atoms with van der Waals surface area (Å²) >= 11 is 6.36. The Hall–Kier alpha value is -4.10. The zero-order chi connectivity index (χ0) is 29.8. The summed E-state index contributed by atoms with van der Waals surface area (Å²) in [6.07, 6.45) is 1.04. The maximum Gasteiger partial charge on any atom is 0.416 e. The summed E-state index contributed by atoms with van der Waals surface area (Å²) in [5.41, 5.74) is 3.85. The Labute approximate surface area is 256 Å². The molecule has 3 heterocycles. The van der Waals surface area contributed by atoms with Gasteiger partial charge in [-0.15, -0.1) is 0 Å². The van der Waals surface area contributed by atoms with Gasteiger partial charge in [0, 0.05) is 47.8 Å². The third-order valence-corrected chi connectivity index (χ3v) is 8.15. The van der Waals surface area contributed by atoms with Gasteiger partial charge < -0.3 is 28.7 Å². The van der Waals surface area contributed by atoms with Crippen LogP contribution < -0.4 is 18.9 Å². The number of hydrogen-bond acceptors (Lipinski definition) is 7. The van der Waals surface area contributed by atoms with Crippen molar-refractivity contribution in [3.05, 3.63) is 82.5 Å². The third-order valence-electron chi connectivity index (χ3n) is 7.92. The first kappa shape index (κ1) is 29.0. The number of amides is 1. The zero-order valence-electron chi connectivity index (χ0n) is 24.3. The summed E-state index contributed by atoms with van der Waals surface area (Å²) in [5.74, 6) is 2.02. The van der Waals surface area contributed by atoms with E-state index in [1.165, 1.54) is 0 Å². The van der Waals surface area contributed by atoms with Crippen LogP contribution in [-0.2, 0) is 11.2 Å². The highest BCUT2D eigenvalue weighted by Crippen LogP contribution is 2.41. The molecule has 1 atom stereocenters. The summed E-state index contributed by atoms with van der Waals surface area (Å²) in [6.45, 7) is 5.44. The number of aromatic nitrogens is 1. The minimum atomic E-state index is -0.496. The molecule has 10 heteroatoms. The molecule has 4 aromatic rings. The number of nitrogens with zero attached hydrogens (tertiary/aromatic N) is 2. The van der Waals surface area contributed by atoms with Crippen molar-refractivity contribution in [1.82, 2.24) is 14.8 Å². The Balaban J connectivity index is 1.27. The van der Waals surface area contributed by atoms with Crippen LogP contribution in [0.25, 0.3) is 10.9 Å². The maximum atomic E-state index is 13.6. The first-order valence-corrected chi connectivity index (χ1v) is 14.8. The third kappa shape index (κ3) is 6.32. The predicted octanol–water partition coefficient (Wildman–Crippen LogP) is 5.69. The number of fused-ring (bicyclic) bond motifs is 3. The fourth-order valence-electron chi connectivity index (χ4n) is 5.76. The van der Waals surface area contributed by atoms with Crippen molar-refractivity contribution in [3.8, 4) is 23.0 Å². The summed E-state index contributed by atoms with van der Waals surface area (Å²) in [4.78, 5) is 21.3. The highest BCUT2D eigenvalue weighted by atomic mass is 35.5. The molecule has 9 nitrogen and oxygen atoms in total. The molecule has 6 rings (SSSR count). The number of ether oxygens (including phenoxy) is 5. The van der Waals surface area contributed by atoms with Gasteiger partial charge in [0.2, 0.25) is 0 Å². The monoisotopic (exact) mass is 603 g/mol. The SMILES string of the molecule is COc1c#cc(OC(=O)N2CCc3c([nH]c4ccc(Cl)cc34)C2c2ccc(OCCCN3CCOCC3)c(OC)c2)cc1. The number of benzene rings is 2. The van der Waals surface area contributed by atoms with Crippen molar-refractivity contribution < 1.29 is 28.5 Å². The standard InChI is InChI=1S/C33H34ClN3O6/c1-39-24-6-8-25(9-7-24)43-33(38)37-14-12-26-27-21-23(34)5-10-28(27)35-31(26)32(37)22-4-11-29(30(20-22)40-2)42-17-3-13-36-15-18-41-19-16-36/h4-6,8,10-11,20-21,32,35H,3,12-19H2,1-2H3. The lowest BCUT2D eigenvalue weighted by atomic mass is 9.92. The van der Waals surface area contributed by atoms with E-state index in [9.17, 15) is 4.79 Å². The molecule has 2 aliphatic heterocycles. The van der Waals surface area contributed by atoms with E-state index in [1.54, 1.807) is 31.3 Å². The number of methoxy groups -OCH3 is 2. The Kier molecular flexibility index (Phi) is 8.79. The summed E-state index contributed by atoms with van der Waals surface area (Å²) in [7, 11) is 3.17. The van der Waals surface area contributed by atoms with Gasteiger partial charge in [-0.25, -0.2) is 4.79 Å². The Bertz CT molecular complexity index is 1570. The van der Waals surface area contributed by atoms with Crippen LogP contribution in [-0.4, -0.2) is 81.1 Å². The van der Waals surface area contributed by atoms with Crippen molar-refractivity contribution in [2.45, 2.75) is 18.9 Å². The molecule has 2 aliphatic rings. The molecular weight excluding hydrogens is 570 g/mol. The largest absolute Gasteiger partial charge is 0.493 e. The number of rotatable bonds is 9. The molecule has 0 aliphatic carbocycles. The van der Waals surface area contributed by atoms with Gasteiger partial charge in [-0.1, -0.05) is 17.7 Å². The average Bonchev–Trinajstić information content (AvgIpc) is 3.41. The van der Waals surface area contributed by atoms with Crippen molar-refractivity contribution in [1.29, 1.82) is 0 Å². The molecule has 1 N–H and O–H groups in total. The van der Waals surface area contributed by atoms with E-state index in [-0.39, 0.29) is 5.75 Å². The fraction of sp³-hybridized carbons (Fsp3) is 0.364. The van der Waals surface area contributed by atoms with Crippen molar-refractivity contribution in [3.63, 3.8) is 0 Å². The van der Waals surface area contributed by atoms with Gasteiger partial charge >= 0.3 is 6.09 Å². The molecule has 43 heavy (non-hydrogen) atoms. The van der Waals surface area contributed by atoms with Crippen LogP contribution >= 0.6 is 11.6 Å². The van der Waals surface area contributed by atoms with E-state index in [2.05, 4.69) is 22.0 Å². The number of hydrogen-bond donors (Lipinski definition) is 1. The van der Waals surface area contributed by atoms with Crippen LogP contribution in [0.5, 0.6) is 23.0 Å². The van der Waals surface area contributed by atoms with E-state index < -0.39 is 12.1 Å². The molecule has 3 aromatic carbocycles. The predicted molar refractivity (Wildman–Crippen MR) is 163 cm³/mol. The normalized spacial score (nSPS) is 16.8. The zero-order valence-corrected chi connectivity index (χ0v) is 25.0. The van der Waals surface area contributed by atoms with Crippen LogP contribution in [0, 0.1) is 12.1 Å². The molecule has 0 bridgehead atoms. The van der Waals surface area contributed by atoms with Crippen LogP contribution in [0.15, 0.2) is 48.5 Å². The van der Waals surface area contributed by atoms with Gasteiger partial charge in [-0.05, 0) is 78.6 Å². The molecule has 1 fully saturated rings. The minimum absolute atomic E-state index is 0.261. The number of aromatic amines is 1. The van der Waals surface area contributed by atoms with Gasteiger partial charge in [0.1, 0.15) is 6.04 Å². The molecule has 1 amide bonds. The lowest BCUT2D eigenvalue weighted by molar-refractivity contribution is 0.0357. The second-order valence-corrected chi connectivity index (χ2v) is 10.9. The van der Waals surface area contributed by atoms with Crippen molar-refractivity contribution >= 4 is 28.6 Å². The van der Waals surface area contributed by atoms with Crippen molar-refractivity contribution in [2.75, 3.05) is 60.2 Å². The van der Waals surface area contributed by atoms with E-state index in [0.29, 0.717) is 41.8 Å². The van der Waals surface area contributed by atoms with Gasteiger partial charge in [-0.2, -0.15) is 0 Å². The number of nitrogens with one attached hydrogen (secondary N) is 1. The van der Waals surface area contributed by atoms with Crippen LogP contribution in [0.2, 0.25) is 5.02 Å². The van der Waals surface area contributed by atoms with E-state index in [1.807, 2.05) is 36.4 Å². The maximum absolute atomic E-state index is 13.6. The lowest BCUT2D eigenvalue weighted by Crippen LogP contribution is -2.42. The second kappa shape index (κ2) is 13.0. The first-order chi connectivity index (χ1) is 21.0. The fourth-order valence-corrected chi connectivity index (χ4v) is 5.93. The number of H-pyrrole nitrogens is 1. The van der Waals surface area contributed by atoms with Crippen LogP contribution in [0.4, 0.5) is 4.79 Å². The summed E-state index contributed by atoms with van der Waals surface area (Å²) < 4.78 is 28.2. The smallest absolute Gasteiger partial charge is 0.416 e. The van der Waals surface area contributed by atoms with Crippen LogP contribution in [0.3, 0.4) is 0 Å². The average molecular weight is 604 g/mol. The molecular formula is C33H34ClN3O6. The lowest BCUT2D eigenvalue weighted by Gasteiger charge is -2.35. The molecule has 0 radical (unpaired) electrons. The van der Waals surface area contributed by atoms with Gasteiger partial charge in [0.15, 0.2) is 23.0 Å². The highest BCUT2D eigenvalue weighted by Gasteiger charge is 2.36. The van der Waals surface area contributed by atoms with Gasteiger partial charge in [-0.3, -0.25) is 9.80 Å². The molecule has 1 saturated heterocycles. The number of halogens is 1. The van der Waals surface area contributed by atoms with E-state index in [0.717, 1.165) is 67.0 Å². The Morgan fingerprint density at radius 3 is 2.58 bits per heavy atom. The first-order valence-electron chi connectivity index (χ1n) is 14.4. The minimum Gasteiger partial charge on any atom is -0.493 e. The summed E-state index contributed by atoms with van der Waals surface area (Å²) in [6, 6.07) is 20.1. The number of morpholine rings is 1. The quantitative estimate of drug-likeness (QED) is 0.246. The number of carbonyl (C=O) groups is 1. The number of carbonyl (C=O) groups excluding carboxylic acids is 1. The molecule has 224 valence electrons. The Morgan fingerprint density at radius 2 is 1.81 bits per heavy atom. The molecule has 0 saturated carbocycles. The van der Waals surface area contributed by atoms with Gasteiger partial charge in [0.05, 0.1) is 34.0 Å². The Morgan fingerprint density at radius 1 is 1.00 bits per heavy atom. The van der Waals surface area contributed by atoms with Crippen molar-refractivity contribution in [2.24, 2.45) is 0 Å². The topological polar surface area (TPSA) is 85.5 Å². The van der Waals surface area contributed by atoms with Crippen LogP contribution in [0.1, 0.15) is 29.3 Å². The molecule has 0 spiro atoms. The molecule has 1 aromatic heterocycles. The summed E-state index contributed by atoms with van der Waals surface area (Å²) in [5, 5.41) is 1.71. The highest BCUT2D eigenvalue weighted by molar-refractivity contribution is 6.31. The van der Waals surface area contributed by atoms with E-state index >= 15 is 0 Å². The second-order valence-electron chi connectivity index (χ2n) is 10.5.